The lowest BCUT2D eigenvalue weighted by Crippen LogP contribution is -2.33. The van der Waals surface area contributed by atoms with Gasteiger partial charge in [-0.15, -0.1) is 23.7 Å². The molecule has 110 valence electrons. The number of rotatable bonds is 5. The van der Waals surface area contributed by atoms with Gasteiger partial charge in [0.2, 0.25) is 5.91 Å². The Balaban J connectivity index is 0.00000324. The molecule has 0 saturated heterocycles. The third-order valence-electron chi connectivity index (χ3n) is 2.21. The molecule has 19 heavy (non-hydrogen) atoms. The lowest BCUT2D eigenvalue weighted by atomic mass is 10.1. The van der Waals surface area contributed by atoms with Gasteiger partial charge in [-0.1, -0.05) is 6.92 Å². The summed E-state index contributed by atoms with van der Waals surface area (Å²) in [5.74, 6) is -0.454. The second-order valence-corrected chi connectivity index (χ2v) is 4.74. The minimum absolute atomic E-state index is 0. The van der Waals surface area contributed by atoms with Crippen molar-refractivity contribution in [3.05, 3.63) is 16.1 Å². The molecule has 0 saturated carbocycles. The van der Waals surface area contributed by atoms with Gasteiger partial charge in [-0.25, -0.2) is 4.98 Å². The SMILES string of the molecule is CNCC(C)C(=O)NCc1nc(C(F)(F)F)cs1.Cl. The molecule has 0 aliphatic heterocycles. The Morgan fingerprint density at radius 3 is 2.63 bits per heavy atom. The van der Waals surface area contributed by atoms with E-state index in [0.717, 1.165) is 16.7 Å². The van der Waals surface area contributed by atoms with Gasteiger partial charge in [0.25, 0.3) is 0 Å². The average molecular weight is 318 g/mol. The molecular weight excluding hydrogens is 303 g/mol. The van der Waals surface area contributed by atoms with Crippen LogP contribution in [0.2, 0.25) is 0 Å². The van der Waals surface area contributed by atoms with Crippen molar-refractivity contribution >= 4 is 29.7 Å². The zero-order chi connectivity index (χ0) is 13.8. The lowest BCUT2D eigenvalue weighted by Gasteiger charge is -2.10. The maximum absolute atomic E-state index is 12.3. The highest BCUT2D eigenvalue weighted by molar-refractivity contribution is 7.09. The predicted octanol–water partition coefficient (Wildman–Crippen LogP) is 2.06. The summed E-state index contributed by atoms with van der Waals surface area (Å²) in [7, 11) is 1.72. The first-order valence-corrected chi connectivity index (χ1v) is 6.16. The van der Waals surface area contributed by atoms with Gasteiger partial charge in [-0.2, -0.15) is 13.2 Å². The van der Waals surface area contributed by atoms with Gasteiger partial charge in [0, 0.05) is 17.8 Å². The van der Waals surface area contributed by atoms with Crippen molar-refractivity contribution in [1.29, 1.82) is 0 Å². The van der Waals surface area contributed by atoms with Crippen molar-refractivity contribution < 1.29 is 18.0 Å². The number of nitrogens with one attached hydrogen (secondary N) is 2. The standard InChI is InChI=1S/C10H14F3N3OS.ClH/c1-6(3-14-2)9(17)15-4-8-16-7(5-18-8)10(11,12)13;/h5-6,14H,3-4H2,1-2H3,(H,15,17);1H. The van der Waals surface area contributed by atoms with Crippen molar-refractivity contribution in [2.24, 2.45) is 5.92 Å². The van der Waals surface area contributed by atoms with Crippen LogP contribution in [0, 0.1) is 5.92 Å². The summed E-state index contributed by atoms with van der Waals surface area (Å²) in [6.07, 6.45) is -4.43. The maximum atomic E-state index is 12.3. The van der Waals surface area contributed by atoms with Gasteiger partial charge < -0.3 is 10.6 Å². The lowest BCUT2D eigenvalue weighted by molar-refractivity contribution is -0.140. The Labute approximate surface area is 119 Å². The number of hydrogen-bond donors (Lipinski definition) is 2. The number of nitrogens with zero attached hydrogens (tertiary/aromatic N) is 1. The first-order valence-electron chi connectivity index (χ1n) is 5.28. The van der Waals surface area contributed by atoms with E-state index in [-0.39, 0.29) is 35.8 Å². The molecule has 9 heteroatoms. The van der Waals surface area contributed by atoms with Crippen molar-refractivity contribution in [2.45, 2.75) is 19.6 Å². The Bertz CT molecular complexity index is 411. The molecule has 1 atom stereocenters. The van der Waals surface area contributed by atoms with E-state index in [9.17, 15) is 18.0 Å². The van der Waals surface area contributed by atoms with Crippen LogP contribution in [0.5, 0.6) is 0 Å². The molecule has 1 heterocycles. The van der Waals surface area contributed by atoms with Crippen molar-refractivity contribution in [2.75, 3.05) is 13.6 Å². The molecule has 2 N–H and O–H groups in total. The molecule has 0 spiro atoms. The van der Waals surface area contributed by atoms with E-state index < -0.39 is 11.9 Å². The highest BCUT2D eigenvalue weighted by Gasteiger charge is 2.33. The van der Waals surface area contributed by atoms with Crippen LogP contribution in [0.25, 0.3) is 0 Å². The largest absolute Gasteiger partial charge is 0.434 e. The number of hydrogen-bond acceptors (Lipinski definition) is 4. The number of carbonyl (C=O) groups excluding carboxylic acids is 1. The summed E-state index contributed by atoms with van der Waals surface area (Å²) in [5.41, 5.74) is -0.917. The number of carbonyl (C=O) groups is 1. The van der Waals surface area contributed by atoms with E-state index in [1.165, 1.54) is 0 Å². The quantitative estimate of drug-likeness (QED) is 0.874. The summed E-state index contributed by atoms with van der Waals surface area (Å²) >= 11 is 0.882. The fraction of sp³-hybridized carbons (Fsp3) is 0.600. The number of halogens is 4. The topological polar surface area (TPSA) is 54.0 Å². The fourth-order valence-corrected chi connectivity index (χ4v) is 2.00. The summed E-state index contributed by atoms with van der Waals surface area (Å²) in [6.45, 7) is 2.26. The van der Waals surface area contributed by atoms with Gasteiger partial charge in [-0.3, -0.25) is 4.79 Å². The molecule has 1 aromatic heterocycles. The van der Waals surface area contributed by atoms with Crippen LogP contribution < -0.4 is 10.6 Å². The van der Waals surface area contributed by atoms with Crippen molar-refractivity contribution in [3.63, 3.8) is 0 Å². The van der Waals surface area contributed by atoms with Crippen LogP contribution in [0.4, 0.5) is 13.2 Å². The van der Waals surface area contributed by atoms with Gasteiger partial charge in [0.05, 0.1) is 6.54 Å². The van der Waals surface area contributed by atoms with Gasteiger partial charge in [0.1, 0.15) is 5.01 Å². The molecule has 0 aliphatic rings. The van der Waals surface area contributed by atoms with E-state index >= 15 is 0 Å². The molecule has 0 aliphatic carbocycles. The maximum Gasteiger partial charge on any atom is 0.434 e. The normalized spacial score (nSPS) is 12.7. The van der Waals surface area contributed by atoms with Crippen LogP contribution in [-0.2, 0) is 17.5 Å². The van der Waals surface area contributed by atoms with Crippen LogP contribution in [0.15, 0.2) is 5.38 Å². The average Bonchev–Trinajstić information content (AvgIpc) is 2.74. The van der Waals surface area contributed by atoms with Crippen LogP contribution in [0.3, 0.4) is 0 Å². The summed E-state index contributed by atoms with van der Waals surface area (Å²) in [5, 5.41) is 6.58. The molecule has 0 aromatic carbocycles. The minimum Gasteiger partial charge on any atom is -0.349 e. The molecule has 1 unspecified atom stereocenters. The third kappa shape index (κ3) is 5.75. The predicted molar refractivity (Wildman–Crippen MR) is 69.3 cm³/mol. The molecular formula is C10H15ClF3N3OS. The molecule has 0 fully saturated rings. The molecule has 1 aromatic rings. The third-order valence-corrected chi connectivity index (χ3v) is 3.06. The highest BCUT2D eigenvalue weighted by atomic mass is 35.5. The number of alkyl halides is 3. The summed E-state index contributed by atoms with van der Waals surface area (Å²) in [6, 6.07) is 0. The van der Waals surface area contributed by atoms with Gasteiger partial charge >= 0.3 is 6.18 Å². The van der Waals surface area contributed by atoms with Crippen molar-refractivity contribution in [3.8, 4) is 0 Å². The highest BCUT2D eigenvalue weighted by Crippen LogP contribution is 2.29. The second-order valence-electron chi connectivity index (χ2n) is 3.80. The number of amides is 1. The van der Waals surface area contributed by atoms with E-state index in [4.69, 9.17) is 0 Å². The first-order chi connectivity index (χ1) is 8.34. The van der Waals surface area contributed by atoms with Crippen LogP contribution in [-0.4, -0.2) is 24.5 Å². The van der Waals surface area contributed by atoms with Gasteiger partial charge in [0.15, 0.2) is 5.69 Å². The molecule has 4 nitrogen and oxygen atoms in total. The monoisotopic (exact) mass is 317 g/mol. The fourth-order valence-electron chi connectivity index (χ4n) is 1.26. The molecule has 0 radical (unpaired) electrons. The number of aromatic nitrogens is 1. The van der Waals surface area contributed by atoms with E-state index in [0.29, 0.717) is 6.54 Å². The van der Waals surface area contributed by atoms with E-state index in [1.54, 1.807) is 14.0 Å². The van der Waals surface area contributed by atoms with Crippen LogP contribution >= 0.6 is 23.7 Å². The van der Waals surface area contributed by atoms with Gasteiger partial charge in [-0.05, 0) is 7.05 Å². The molecule has 0 bridgehead atoms. The zero-order valence-corrected chi connectivity index (χ0v) is 12.0. The van der Waals surface area contributed by atoms with Crippen molar-refractivity contribution in [1.82, 2.24) is 15.6 Å². The number of thiazole rings is 1. The Morgan fingerprint density at radius 2 is 2.16 bits per heavy atom. The molecule has 1 amide bonds. The Hall–Kier alpha value is -0.860. The summed E-state index contributed by atoms with van der Waals surface area (Å²) in [4.78, 5) is 14.9. The molecule has 1 rings (SSSR count). The Kier molecular flexibility index (Phi) is 7.32. The minimum atomic E-state index is -4.43. The summed E-state index contributed by atoms with van der Waals surface area (Å²) < 4.78 is 36.8. The zero-order valence-electron chi connectivity index (χ0n) is 10.4. The van der Waals surface area contributed by atoms with E-state index in [2.05, 4.69) is 15.6 Å². The van der Waals surface area contributed by atoms with E-state index in [1.807, 2.05) is 0 Å². The first kappa shape index (κ1) is 18.1. The Morgan fingerprint density at radius 1 is 1.53 bits per heavy atom. The second kappa shape index (κ2) is 7.66. The smallest absolute Gasteiger partial charge is 0.349 e. The van der Waals surface area contributed by atoms with Crippen LogP contribution in [0.1, 0.15) is 17.6 Å².